The summed E-state index contributed by atoms with van der Waals surface area (Å²) in [6.07, 6.45) is 5.77. The van der Waals surface area contributed by atoms with Gasteiger partial charge in [-0.1, -0.05) is 13.3 Å². The number of fused-ring (bicyclic) bond motifs is 1. The third-order valence-electron chi connectivity index (χ3n) is 7.80. The van der Waals surface area contributed by atoms with E-state index in [1.807, 2.05) is 13.0 Å². The molecule has 26 heavy (non-hydrogen) atoms. The normalized spacial score (nSPS) is 47.4. The molecule has 1 N–H and O–H groups in total. The van der Waals surface area contributed by atoms with Crippen LogP contribution in [0.1, 0.15) is 50.7 Å². The zero-order valence-electron chi connectivity index (χ0n) is 14.8. The van der Waals surface area contributed by atoms with Gasteiger partial charge in [0.15, 0.2) is 0 Å². The van der Waals surface area contributed by atoms with Crippen molar-refractivity contribution >= 4 is 11.9 Å². The summed E-state index contributed by atoms with van der Waals surface area (Å²) in [5.41, 5.74) is -0.450. The maximum atomic E-state index is 13.2. The van der Waals surface area contributed by atoms with E-state index in [2.05, 4.69) is 0 Å². The first-order valence-corrected chi connectivity index (χ1v) is 9.58. The molecule has 2 aliphatic heterocycles. The van der Waals surface area contributed by atoms with Crippen LogP contribution < -0.4 is 0 Å². The molecule has 0 bridgehead atoms. The zero-order chi connectivity index (χ0) is 18.1. The number of esters is 2. The van der Waals surface area contributed by atoms with Crippen LogP contribution in [0.5, 0.6) is 0 Å². The van der Waals surface area contributed by atoms with Crippen LogP contribution >= 0.6 is 0 Å². The van der Waals surface area contributed by atoms with E-state index >= 15 is 0 Å². The van der Waals surface area contributed by atoms with Crippen LogP contribution in [0.2, 0.25) is 0 Å². The molecule has 6 nitrogen and oxygen atoms in total. The summed E-state index contributed by atoms with van der Waals surface area (Å²) in [6.45, 7) is 2.26. The van der Waals surface area contributed by atoms with E-state index in [4.69, 9.17) is 13.9 Å². The van der Waals surface area contributed by atoms with Gasteiger partial charge in [-0.15, -0.1) is 0 Å². The Kier molecular flexibility index (Phi) is 3.36. The van der Waals surface area contributed by atoms with Crippen LogP contribution in [-0.2, 0) is 19.1 Å². The fourth-order valence-electron chi connectivity index (χ4n) is 6.55. The molecule has 1 aromatic heterocycles. The maximum Gasteiger partial charge on any atom is 0.313 e. The molecular formula is C20H24O6. The quantitative estimate of drug-likeness (QED) is 0.775. The number of rotatable bonds is 1. The topological polar surface area (TPSA) is 86.0 Å². The number of hydrogen-bond acceptors (Lipinski definition) is 6. The highest BCUT2D eigenvalue weighted by atomic mass is 16.6. The van der Waals surface area contributed by atoms with Crippen molar-refractivity contribution in [2.45, 2.75) is 51.2 Å². The van der Waals surface area contributed by atoms with Crippen molar-refractivity contribution in [3.05, 3.63) is 24.2 Å². The molecule has 6 heteroatoms. The van der Waals surface area contributed by atoms with Gasteiger partial charge in [0.1, 0.15) is 12.7 Å². The maximum absolute atomic E-state index is 13.2. The van der Waals surface area contributed by atoms with E-state index < -0.39 is 16.9 Å². The lowest BCUT2D eigenvalue weighted by Gasteiger charge is -2.58. The highest BCUT2D eigenvalue weighted by Crippen LogP contribution is 2.68. The van der Waals surface area contributed by atoms with Gasteiger partial charge in [-0.3, -0.25) is 9.59 Å². The predicted octanol–water partition coefficient (Wildman–Crippen LogP) is 2.61. The van der Waals surface area contributed by atoms with E-state index in [0.717, 1.165) is 24.8 Å². The molecule has 3 heterocycles. The van der Waals surface area contributed by atoms with Gasteiger partial charge in [0.2, 0.25) is 0 Å². The van der Waals surface area contributed by atoms with Gasteiger partial charge >= 0.3 is 11.9 Å². The number of carbonyl (C=O) groups is 2. The molecule has 2 aliphatic carbocycles. The molecule has 2 spiro atoms. The van der Waals surface area contributed by atoms with Crippen LogP contribution in [-0.4, -0.2) is 29.8 Å². The SMILES string of the molecule is C[C@H]1C[C@H](O)[C@@]23COC(=O)[C@@H]2CCC[C@@H]3[C@@]12C[C@@H](c1ccoc1)OC2=O. The van der Waals surface area contributed by atoms with Gasteiger partial charge < -0.3 is 19.0 Å². The van der Waals surface area contributed by atoms with Crippen molar-refractivity contribution in [2.24, 2.45) is 28.6 Å². The Morgan fingerprint density at radius 1 is 1.27 bits per heavy atom. The minimum atomic E-state index is -0.673. The number of hydrogen-bond donors (Lipinski definition) is 1. The highest BCUT2D eigenvalue weighted by Gasteiger charge is 2.72. The molecule has 7 atom stereocenters. The summed E-state index contributed by atoms with van der Waals surface area (Å²) in [6, 6.07) is 1.83. The summed E-state index contributed by atoms with van der Waals surface area (Å²) >= 11 is 0. The molecule has 2 saturated heterocycles. The van der Waals surface area contributed by atoms with Crippen molar-refractivity contribution in [1.29, 1.82) is 0 Å². The molecule has 0 radical (unpaired) electrons. The standard InChI is InChI=1S/C20H24O6/c1-11-7-16(21)20-10-25-17(22)13(20)3-2-4-15(20)19(11)8-14(26-18(19)23)12-5-6-24-9-12/h5-6,9,11,13-16,21H,2-4,7-8,10H2,1H3/t11-,13-,14-,15+,16-,19+,20-/m0/s1. The average molecular weight is 360 g/mol. The van der Waals surface area contributed by atoms with E-state index in [1.165, 1.54) is 0 Å². The smallest absolute Gasteiger partial charge is 0.313 e. The Labute approximate surface area is 151 Å². The molecule has 4 aliphatic rings. The number of aliphatic hydroxyl groups is 1. The second-order valence-electron chi connectivity index (χ2n) is 8.60. The van der Waals surface area contributed by atoms with E-state index in [0.29, 0.717) is 12.8 Å². The predicted molar refractivity (Wildman–Crippen MR) is 88.6 cm³/mol. The first-order chi connectivity index (χ1) is 12.5. The van der Waals surface area contributed by atoms with E-state index in [-0.39, 0.29) is 42.4 Å². The number of ether oxygens (including phenoxy) is 2. The van der Waals surface area contributed by atoms with Crippen LogP contribution in [0.15, 0.2) is 23.0 Å². The number of carbonyl (C=O) groups excluding carboxylic acids is 2. The van der Waals surface area contributed by atoms with Gasteiger partial charge in [0.05, 0.1) is 30.0 Å². The Morgan fingerprint density at radius 2 is 2.12 bits per heavy atom. The summed E-state index contributed by atoms with van der Waals surface area (Å²) < 4.78 is 16.4. The molecule has 0 aromatic carbocycles. The second kappa shape index (κ2) is 5.35. The molecular weight excluding hydrogens is 336 g/mol. The molecule has 5 rings (SSSR count). The summed E-state index contributed by atoms with van der Waals surface area (Å²) in [4.78, 5) is 25.6. The van der Waals surface area contributed by atoms with Crippen molar-refractivity contribution in [1.82, 2.24) is 0 Å². The van der Waals surface area contributed by atoms with Gasteiger partial charge in [-0.25, -0.2) is 0 Å². The lowest BCUT2D eigenvalue weighted by atomic mass is 9.43. The van der Waals surface area contributed by atoms with Crippen molar-refractivity contribution < 1.29 is 28.6 Å². The first kappa shape index (κ1) is 16.4. The van der Waals surface area contributed by atoms with Crippen LogP contribution in [0.4, 0.5) is 0 Å². The van der Waals surface area contributed by atoms with E-state index in [9.17, 15) is 14.7 Å². The fourth-order valence-corrected chi connectivity index (χ4v) is 6.55. The van der Waals surface area contributed by atoms with Gasteiger partial charge in [-0.2, -0.15) is 0 Å². The third kappa shape index (κ3) is 1.81. The Hall–Kier alpha value is -1.82. The molecule has 0 amide bonds. The summed E-state index contributed by atoms with van der Waals surface area (Å²) in [7, 11) is 0. The molecule has 2 saturated carbocycles. The summed E-state index contributed by atoms with van der Waals surface area (Å²) in [5, 5.41) is 11.0. The Morgan fingerprint density at radius 3 is 2.88 bits per heavy atom. The molecule has 4 fully saturated rings. The lowest BCUT2D eigenvalue weighted by molar-refractivity contribution is -0.191. The minimum absolute atomic E-state index is 0.00743. The van der Waals surface area contributed by atoms with Gasteiger partial charge in [-0.05, 0) is 37.2 Å². The summed E-state index contributed by atoms with van der Waals surface area (Å²) in [5.74, 6) is -0.805. The monoisotopic (exact) mass is 360 g/mol. The Bertz CT molecular complexity index is 741. The van der Waals surface area contributed by atoms with Crippen molar-refractivity contribution in [3.8, 4) is 0 Å². The molecule has 1 aromatic rings. The molecule has 0 unspecified atom stereocenters. The fraction of sp³-hybridized carbons (Fsp3) is 0.700. The van der Waals surface area contributed by atoms with Gasteiger partial charge in [0.25, 0.3) is 0 Å². The second-order valence-corrected chi connectivity index (χ2v) is 8.60. The largest absolute Gasteiger partial charge is 0.472 e. The highest BCUT2D eigenvalue weighted by molar-refractivity contribution is 5.82. The Balaban J connectivity index is 1.60. The number of aliphatic hydroxyl groups excluding tert-OH is 1. The van der Waals surface area contributed by atoms with Crippen LogP contribution in [0.25, 0.3) is 0 Å². The van der Waals surface area contributed by atoms with Crippen LogP contribution in [0.3, 0.4) is 0 Å². The average Bonchev–Trinajstić information content (AvgIpc) is 3.33. The van der Waals surface area contributed by atoms with Crippen molar-refractivity contribution in [3.63, 3.8) is 0 Å². The third-order valence-corrected chi connectivity index (χ3v) is 7.80. The first-order valence-electron chi connectivity index (χ1n) is 9.58. The zero-order valence-corrected chi connectivity index (χ0v) is 14.8. The number of furan rings is 1. The minimum Gasteiger partial charge on any atom is -0.472 e. The van der Waals surface area contributed by atoms with Crippen LogP contribution in [0, 0.1) is 28.6 Å². The lowest BCUT2D eigenvalue weighted by Crippen LogP contribution is -2.63. The molecule has 140 valence electrons. The number of cyclic esters (lactones) is 2. The van der Waals surface area contributed by atoms with Gasteiger partial charge in [0, 0.05) is 17.4 Å². The van der Waals surface area contributed by atoms with Crippen molar-refractivity contribution in [2.75, 3.05) is 6.61 Å². The van der Waals surface area contributed by atoms with E-state index in [1.54, 1.807) is 12.5 Å².